The summed E-state index contributed by atoms with van der Waals surface area (Å²) in [6.07, 6.45) is 5.83. The molecule has 2 aliphatic rings. The number of nitrogens with zero attached hydrogens (tertiary/aromatic N) is 2. The lowest BCUT2D eigenvalue weighted by atomic mass is 9.94. The zero-order valence-corrected chi connectivity index (χ0v) is 12.5. The average Bonchev–Trinajstić information content (AvgIpc) is 3.05. The van der Waals surface area contributed by atoms with Gasteiger partial charge in [0.15, 0.2) is 0 Å². The fourth-order valence-corrected chi connectivity index (χ4v) is 3.85. The molecule has 4 nitrogen and oxygen atoms in total. The Bertz CT molecular complexity index is 308. The number of amides is 1. The smallest absolute Gasteiger partial charge is 0.225 e. The first-order chi connectivity index (χ1) is 9.17. The first-order valence-corrected chi connectivity index (χ1v) is 7.86. The van der Waals surface area contributed by atoms with Crippen LogP contribution in [0.25, 0.3) is 0 Å². The fourth-order valence-electron chi connectivity index (χ4n) is 3.85. The molecule has 0 spiro atoms. The first-order valence-electron chi connectivity index (χ1n) is 7.86. The summed E-state index contributed by atoms with van der Waals surface area (Å²) in [5, 5.41) is 0. The molecule has 0 bridgehead atoms. The van der Waals surface area contributed by atoms with Gasteiger partial charge < -0.3 is 10.6 Å². The van der Waals surface area contributed by atoms with Crippen LogP contribution in [0, 0.1) is 11.8 Å². The third kappa shape index (κ3) is 3.29. The molecule has 0 radical (unpaired) electrons. The molecule has 0 aromatic rings. The zero-order chi connectivity index (χ0) is 13.8. The summed E-state index contributed by atoms with van der Waals surface area (Å²) in [6, 6.07) is 0.566. The van der Waals surface area contributed by atoms with Crippen molar-refractivity contribution in [2.75, 3.05) is 33.2 Å². The molecule has 1 heterocycles. The predicted molar refractivity (Wildman–Crippen MR) is 77.8 cm³/mol. The molecular formula is C15H29N3O. The summed E-state index contributed by atoms with van der Waals surface area (Å²) < 4.78 is 0. The van der Waals surface area contributed by atoms with Crippen LogP contribution in [0.3, 0.4) is 0 Å². The Morgan fingerprint density at radius 3 is 2.79 bits per heavy atom. The van der Waals surface area contributed by atoms with Gasteiger partial charge in [0.2, 0.25) is 5.91 Å². The molecule has 19 heavy (non-hydrogen) atoms. The number of nitrogens with two attached hydrogens (primary N) is 1. The lowest BCUT2D eigenvalue weighted by Gasteiger charge is -2.30. The number of hydrogen-bond acceptors (Lipinski definition) is 3. The number of rotatable bonds is 5. The molecule has 1 saturated carbocycles. The van der Waals surface area contributed by atoms with Gasteiger partial charge in [-0.2, -0.15) is 0 Å². The quantitative estimate of drug-likeness (QED) is 0.817. The van der Waals surface area contributed by atoms with Crippen molar-refractivity contribution in [3.63, 3.8) is 0 Å². The molecule has 3 unspecified atom stereocenters. The lowest BCUT2D eigenvalue weighted by Crippen LogP contribution is -2.44. The maximum Gasteiger partial charge on any atom is 0.225 e. The van der Waals surface area contributed by atoms with Gasteiger partial charge in [-0.1, -0.05) is 13.3 Å². The van der Waals surface area contributed by atoms with Crippen LogP contribution in [-0.4, -0.2) is 55.0 Å². The summed E-state index contributed by atoms with van der Waals surface area (Å²) in [7, 11) is 1.97. The monoisotopic (exact) mass is 267 g/mol. The summed E-state index contributed by atoms with van der Waals surface area (Å²) >= 11 is 0. The Morgan fingerprint density at radius 1 is 1.32 bits per heavy atom. The van der Waals surface area contributed by atoms with Crippen LogP contribution in [0.2, 0.25) is 0 Å². The van der Waals surface area contributed by atoms with E-state index in [0.29, 0.717) is 24.4 Å². The van der Waals surface area contributed by atoms with Gasteiger partial charge in [-0.05, 0) is 51.2 Å². The standard InChI is InChI=1S/C15H29N3O/c1-3-18-9-5-7-13(18)11-17(2)15(19)14-8-4-6-12(14)10-16/h12-14H,3-11,16H2,1-2H3. The van der Waals surface area contributed by atoms with Crippen molar-refractivity contribution in [3.05, 3.63) is 0 Å². The topological polar surface area (TPSA) is 49.6 Å². The minimum atomic E-state index is 0.187. The third-order valence-corrected chi connectivity index (χ3v) is 5.05. The molecule has 2 rings (SSSR count). The molecule has 3 atom stereocenters. The van der Waals surface area contributed by atoms with Crippen LogP contribution in [0.4, 0.5) is 0 Å². The van der Waals surface area contributed by atoms with Gasteiger partial charge in [0, 0.05) is 25.6 Å². The zero-order valence-electron chi connectivity index (χ0n) is 12.5. The van der Waals surface area contributed by atoms with Crippen molar-refractivity contribution < 1.29 is 4.79 Å². The molecule has 0 aromatic carbocycles. The normalized spacial score (nSPS) is 31.8. The molecular weight excluding hydrogens is 238 g/mol. The van der Waals surface area contributed by atoms with E-state index >= 15 is 0 Å². The van der Waals surface area contributed by atoms with Crippen LogP contribution in [0.1, 0.15) is 39.0 Å². The highest BCUT2D eigenvalue weighted by Gasteiger charge is 2.35. The molecule has 1 amide bonds. The van der Waals surface area contributed by atoms with Crippen LogP contribution >= 0.6 is 0 Å². The highest BCUT2D eigenvalue weighted by molar-refractivity contribution is 5.79. The molecule has 2 N–H and O–H groups in total. The molecule has 110 valence electrons. The van der Waals surface area contributed by atoms with Gasteiger partial charge in [-0.25, -0.2) is 0 Å². The van der Waals surface area contributed by atoms with E-state index < -0.39 is 0 Å². The molecule has 0 aromatic heterocycles. The van der Waals surface area contributed by atoms with Crippen molar-refractivity contribution in [3.8, 4) is 0 Å². The second-order valence-corrected chi connectivity index (χ2v) is 6.18. The van der Waals surface area contributed by atoms with Crippen LogP contribution in [-0.2, 0) is 4.79 Å². The summed E-state index contributed by atoms with van der Waals surface area (Å²) in [5.74, 6) is 0.934. The van der Waals surface area contributed by atoms with E-state index in [9.17, 15) is 4.79 Å². The number of likely N-dealkylation sites (N-methyl/N-ethyl adjacent to an activating group) is 2. The van der Waals surface area contributed by atoms with Crippen molar-refractivity contribution >= 4 is 5.91 Å². The Labute approximate surface area is 117 Å². The third-order valence-electron chi connectivity index (χ3n) is 5.05. The van der Waals surface area contributed by atoms with E-state index in [4.69, 9.17) is 5.73 Å². The first kappa shape index (κ1) is 14.8. The minimum Gasteiger partial charge on any atom is -0.344 e. The van der Waals surface area contributed by atoms with Gasteiger partial charge in [-0.15, -0.1) is 0 Å². The molecule has 1 saturated heterocycles. The minimum absolute atomic E-state index is 0.187. The average molecular weight is 267 g/mol. The van der Waals surface area contributed by atoms with E-state index in [-0.39, 0.29) is 5.92 Å². The maximum atomic E-state index is 12.5. The lowest BCUT2D eigenvalue weighted by molar-refractivity contribution is -0.135. The maximum absolute atomic E-state index is 12.5. The summed E-state index contributed by atoms with van der Waals surface area (Å²) in [5.41, 5.74) is 5.79. The van der Waals surface area contributed by atoms with Crippen molar-refractivity contribution in [1.29, 1.82) is 0 Å². The predicted octanol–water partition coefficient (Wildman–Crippen LogP) is 1.30. The van der Waals surface area contributed by atoms with Gasteiger partial charge in [-0.3, -0.25) is 9.69 Å². The Hall–Kier alpha value is -0.610. The van der Waals surface area contributed by atoms with Gasteiger partial charge in [0.1, 0.15) is 0 Å². The molecule has 4 heteroatoms. The fraction of sp³-hybridized carbons (Fsp3) is 0.933. The van der Waals surface area contributed by atoms with Crippen molar-refractivity contribution in [2.45, 2.75) is 45.1 Å². The van der Waals surface area contributed by atoms with Crippen molar-refractivity contribution in [2.24, 2.45) is 17.6 Å². The summed E-state index contributed by atoms with van der Waals surface area (Å²) in [4.78, 5) is 17.0. The van der Waals surface area contributed by atoms with Crippen LogP contribution < -0.4 is 5.73 Å². The van der Waals surface area contributed by atoms with Crippen molar-refractivity contribution in [1.82, 2.24) is 9.80 Å². The van der Waals surface area contributed by atoms with E-state index in [1.165, 1.54) is 19.4 Å². The van der Waals surface area contributed by atoms with Gasteiger partial charge >= 0.3 is 0 Å². The van der Waals surface area contributed by atoms with Crippen LogP contribution in [0.5, 0.6) is 0 Å². The highest BCUT2D eigenvalue weighted by Crippen LogP contribution is 2.32. The highest BCUT2D eigenvalue weighted by atomic mass is 16.2. The largest absolute Gasteiger partial charge is 0.344 e. The Morgan fingerprint density at radius 2 is 2.11 bits per heavy atom. The molecule has 1 aliphatic heterocycles. The van der Waals surface area contributed by atoms with Gasteiger partial charge in [0.05, 0.1) is 0 Å². The SMILES string of the molecule is CCN1CCCC1CN(C)C(=O)C1CCCC1CN. The van der Waals surface area contributed by atoms with Crippen LogP contribution in [0.15, 0.2) is 0 Å². The summed E-state index contributed by atoms with van der Waals surface area (Å²) in [6.45, 7) is 6.05. The van der Waals surface area contributed by atoms with Gasteiger partial charge in [0.25, 0.3) is 0 Å². The van der Waals surface area contributed by atoms with E-state index in [0.717, 1.165) is 32.4 Å². The molecule has 2 fully saturated rings. The van der Waals surface area contributed by atoms with E-state index in [2.05, 4.69) is 11.8 Å². The second kappa shape index (κ2) is 6.71. The number of likely N-dealkylation sites (tertiary alicyclic amines) is 1. The second-order valence-electron chi connectivity index (χ2n) is 6.18. The Balaban J connectivity index is 1.88. The number of carbonyl (C=O) groups is 1. The van der Waals surface area contributed by atoms with E-state index in [1.807, 2.05) is 11.9 Å². The number of carbonyl (C=O) groups excluding carboxylic acids is 1. The molecule has 1 aliphatic carbocycles. The van der Waals surface area contributed by atoms with E-state index in [1.54, 1.807) is 0 Å². The Kier molecular flexibility index (Phi) is 5.22. The number of hydrogen-bond donors (Lipinski definition) is 1.